The van der Waals surface area contributed by atoms with E-state index in [4.69, 9.17) is 0 Å². The molecule has 0 aliphatic carbocycles. The molecule has 0 nitrogen and oxygen atoms in total. The average Bonchev–Trinajstić information content (AvgIpc) is 2.59. The van der Waals surface area contributed by atoms with Crippen LogP contribution in [0.5, 0.6) is 0 Å². The van der Waals surface area contributed by atoms with E-state index in [9.17, 15) is 70.2 Å². The summed E-state index contributed by atoms with van der Waals surface area (Å²) in [6.45, 7) is 1.63. The van der Waals surface area contributed by atoms with Gasteiger partial charge >= 0.3 is 45.4 Å². The first-order valence-electron chi connectivity index (χ1n) is 8.56. The fourth-order valence-electron chi connectivity index (χ4n) is 2.32. The molecule has 0 aliphatic rings. The normalized spacial score (nSPS) is 16.8. The highest BCUT2D eigenvalue weighted by Gasteiger charge is 2.94. The molecule has 0 fully saturated rings. The molecule has 0 amide bonds. The predicted octanol–water partition coefficient (Wildman–Crippen LogP) is 9.24. The molecule has 0 radical (unpaired) electrons. The first kappa shape index (κ1) is 33.3. The highest BCUT2D eigenvalue weighted by Crippen LogP contribution is 2.64. The molecule has 0 bridgehead atoms. The Labute approximate surface area is 203 Å². The van der Waals surface area contributed by atoms with Crippen molar-refractivity contribution in [3.05, 3.63) is 0 Å². The van der Waals surface area contributed by atoms with E-state index in [1.54, 1.807) is 6.92 Å². The topological polar surface area (TPSA) is 0 Å². The Kier molecular flexibility index (Phi) is 10.1. The minimum absolute atomic E-state index is 0.0855. The van der Waals surface area contributed by atoms with Crippen LogP contribution in [0.25, 0.3) is 0 Å². The number of hydrogen-bond acceptors (Lipinski definition) is 0. The van der Waals surface area contributed by atoms with Crippen molar-refractivity contribution in [1.82, 2.24) is 0 Å². The lowest BCUT2D eigenvalue weighted by molar-refractivity contribution is -0.447. The summed E-state index contributed by atoms with van der Waals surface area (Å²) in [5.74, 6) is -54.1. The van der Waals surface area contributed by atoms with Gasteiger partial charge in [-0.05, 0) is 6.42 Å². The van der Waals surface area contributed by atoms with Gasteiger partial charge in [0.25, 0.3) is 0 Å². The Morgan fingerprint density at radius 2 is 0.879 bits per heavy atom. The molecule has 1 atom stereocenters. The van der Waals surface area contributed by atoms with Gasteiger partial charge in [0.15, 0.2) is 0 Å². The zero-order valence-electron chi connectivity index (χ0n) is 15.9. The summed E-state index contributed by atoms with van der Waals surface area (Å²) in [5.41, 5.74) is 0. The highest BCUT2D eigenvalue weighted by atomic mass is 127. The lowest BCUT2D eigenvalue weighted by atomic mass is 9.88. The number of rotatable bonds is 13. The summed E-state index contributed by atoms with van der Waals surface area (Å²) in [5, 5.41) is 0. The molecular weight excluding hydrogens is 738 g/mol. The third kappa shape index (κ3) is 5.53. The SMILES string of the molecule is CCCCCC(I)CC(F)(F)C(F)(F)C(F)(F)C(F)(F)C(F)(F)C(F)(F)C(F)(F)C(F)(F)I. The fourth-order valence-corrected chi connectivity index (χ4v) is 3.65. The minimum atomic E-state index is -8.34. The Bertz CT molecular complexity index is 655. The van der Waals surface area contributed by atoms with Gasteiger partial charge in [0.2, 0.25) is 0 Å². The molecule has 0 aromatic rings. The monoisotopic (exact) mass is 752 g/mol. The van der Waals surface area contributed by atoms with Gasteiger partial charge in [0.1, 0.15) is 0 Å². The second-order valence-corrected chi connectivity index (χ2v) is 10.1. The van der Waals surface area contributed by atoms with Crippen molar-refractivity contribution < 1.29 is 70.2 Å². The quantitative estimate of drug-likeness (QED) is 0.0763. The van der Waals surface area contributed by atoms with Gasteiger partial charge in [0, 0.05) is 32.9 Å². The Morgan fingerprint density at radius 1 is 0.545 bits per heavy atom. The predicted molar refractivity (Wildman–Crippen MR) is 100 cm³/mol. The van der Waals surface area contributed by atoms with E-state index in [2.05, 4.69) is 0 Å². The van der Waals surface area contributed by atoms with Crippen LogP contribution in [0.15, 0.2) is 0 Å². The van der Waals surface area contributed by atoms with E-state index in [0.29, 0.717) is 12.8 Å². The smallest absolute Gasteiger partial charge is 0.200 e. The lowest BCUT2D eigenvalue weighted by Gasteiger charge is -2.43. The standard InChI is InChI=1S/C15H14F16I2/c1-2-3-4-5-7(32)6-8(16,17)9(18,19)10(20,21)11(22,23)12(24,25)13(26,27)14(28,29)15(30,31)33/h7H,2-6H2,1H3. The van der Waals surface area contributed by atoms with Gasteiger partial charge < -0.3 is 0 Å². The summed E-state index contributed by atoms with van der Waals surface area (Å²) in [6, 6.07) is 0. The van der Waals surface area contributed by atoms with Gasteiger partial charge in [-0.3, -0.25) is 0 Å². The summed E-state index contributed by atoms with van der Waals surface area (Å²) in [7, 11) is 0. The molecule has 0 aliphatic heterocycles. The van der Waals surface area contributed by atoms with E-state index >= 15 is 0 Å². The molecule has 0 rings (SSSR count). The fraction of sp³-hybridized carbons (Fsp3) is 1.00. The van der Waals surface area contributed by atoms with Crippen molar-refractivity contribution >= 4 is 45.2 Å². The summed E-state index contributed by atoms with van der Waals surface area (Å²) >= 11 is 0.138. The van der Waals surface area contributed by atoms with E-state index in [1.807, 2.05) is 0 Å². The molecule has 0 heterocycles. The van der Waals surface area contributed by atoms with Crippen LogP contribution in [0, 0.1) is 0 Å². The van der Waals surface area contributed by atoms with Crippen LogP contribution in [-0.4, -0.2) is 49.3 Å². The van der Waals surface area contributed by atoms with Gasteiger partial charge in [-0.2, -0.15) is 70.2 Å². The third-order valence-corrected chi connectivity index (χ3v) is 6.13. The molecule has 0 spiro atoms. The molecule has 1 unspecified atom stereocenters. The zero-order valence-corrected chi connectivity index (χ0v) is 20.2. The minimum Gasteiger partial charge on any atom is -0.200 e. The summed E-state index contributed by atoms with van der Waals surface area (Å²) in [6.07, 6.45) is -1.72. The number of halogens is 18. The average molecular weight is 752 g/mol. The summed E-state index contributed by atoms with van der Waals surface area (Å²) < 4.78 is 207. The van der Waals surface area contributed by atoms with E-state index in [-0.39, 0.29) is 12.8 Å². The van der Waals surface area contributed by atoms with Crippen LogP contribution >= 0.6 is 45.2 Å². The maximum Gasteiger partial charge on any atom is 0.387 e. The van der Waals surface area contributed by atoms with Crippen LogP contribution in [0.1, 0.15) is 39.0 Å². The molecule has 0 aromatic carbocycles. The second-order valence-electron chi connectivity index (χ2n) is 6.95. The molecule has 0 saturated heterocycles. The zero-order chi connectivity index (χ0) is 27.1. The molecule has 18 heteroatoms. The number of hydrogen-bond donors (Lipinski definition) is 0. The van der Waals surface area contributed by atoms with E-state index < -0.39 is 78.3 Å². The maximum absolute atomic E-state index is 13.8. The lowest BCUT2D eigenvalue weighted by Crippen LogP contribution is -2.74. The van der Waals surface area contributed by atoms with Gasteiger partial charge in [-0.1, -0.05) is 48.8 Å². The molecule has 0 aromatic heterocycles. The van der Waals surface area contributed by atoms with Crippen LogP contribution in [0.2, 0.25) is 0 Å². The third-order valence-electron chi connectivity index (χ3n) is 4.39. The summed E-state index contributed by atoms with van der Waals surface area (Å²) in [4.78, 5) is 0. The van der Waals surface area contributed by atoms with Crippen LogP contribution in [0.3, 0.4) is 0 Å². The van der Waals surface area contributed by atoms with Crippen molar-refractivity contribution in [1.29, 1.82) is 0 Å². The van der Waals surface area contributed by atoms with Crippen molar-refractivity contribution in [3.8, 4) is 0 Å². The number of alkyl halides is 18. The molecule has 200 valence electrons. The van der Waals surface area contributed by atoms with E-state index in [0.717, 1.165) is 22.6 Å². The first-order chi connectivity index (χ1) is 14.2. The second kappa shape index (κ2) is 10.0. The van der Waals surface area contributed by atoms with Crippen LogP contribution < -0.4 is 0 Å². The van der Waals surface area contributed by atoms with Gasteiger partial charge in [-0.25, -0.2) is 0 Å². The molecule has 0 saturated carbocycles. The Morgan fingerprint density at radius 3 is 1.21 bits per heavy atom. The Balaban J connectivity index is 6.37. The van der Waals surface area contributed by atoms with Crippen molar-refractivity contribution in [3.63, 3.8) is 0 Å². The largest absolute Gasteiger partial charge is 0.387 e. The Hall–Kier alpha value is 0.340. The van der Waals surface area contributed by atoms with Gasteiger partial charge in [0.05, 0.1) is 0 Å². The first-order valence-corrected chi connectivity index (χ1v) is 10.9. The molecule has 0 N–H and O–H groups in total. The van der Waals surface area contributed by atoms with Crippen molar-refractivity contribution in [2.45, 2.75) is 88.3 Å². The highest BCUT2D eigenvalue weighted by molar-refractivity contribution is 14.1. The molecular formula is C15H14F16I2. The van der Waals surface area contributed by atoms with Crippen molar-refractivity contribution in [2.24, 2.45) is 0 Å². The maximum atomic E-state index is 13.8. The van der Waals surface area contributed by atoms with Crippen LogP contribution in [0.4, 0.5) is 70.2 Å². The van der Waals surface area contributed by atoms with Crippen molar-refractivity contribution in [2.75, 3.05) is 0 Å². The molecule has 33 heavy (non-hydrogen) atoms. The van der Waals surface area contributed by atoms with Crippen LogP contribution in [-0.2, 0) is 0 Å². The number of unbranched alkanes of at least 4 members (excludes halogenated alkanes) is 2. The van der Waals surface area contributed by atoms with Gasteiger partial charge in [-0.15, -0.1) is 0 Å². The van der Waals surface area contributed by atoms with E-state index in [1.165, 1.54) is 0 Å².